The summed E-state index contributed by atoms with van der Waals surface area (Å²) in [5, 5.41) is 2.53. The molecular weight excluding hydrogens is 544 g/mol. The third-order valence-electron chi connectivity index (χ3n) is 7.50. The van der Waals surface area contributed by atoms with Gasteiger partial charge in [-0.15, -0.1) is 0 Å². The highest BCUT2D eigenvalue weighted by Gasteiger charge is 2.36. The molecule has 0 spiro atoms. The zero-order valence-corrected chi connectivity index (χ0v) is 25.4. The maximum atomic E-state index is 12.8. The van der Waals surface area contributed by atoms with E-state index in [2.05, 4.69) is 22.0 Å². The van der Waals surface area contributed by atoms with Crippen molar-refractivity contribution in [3.8, 4) is 0 Å². The number of allylic oxidation sites excluding steroid dienone is 1. The van der Waals surface area contributed by atoms with E-state index in [1.165, 1.54) is 13.2 Å². The van der Waals surface area contributed by atoms with Gasteiger partial charge in [-0.05, 0) is 43.6 Å². The van der Waals surface area contributed by atoms with Crippen LogP contribution in [-0.2, 0) is 39.7 Å². The molecule has 2 bridgehead atoms. The topological polar surface area (TPSA) is 135 Å². The number of aryl methyl sites for hydroxylation is 1. The van der Waals surface area contributed by atoms with E-state index in [9.17, 15) is 14.4 Å². The van der Waals surface area contributed by atoms with E-state index in [4.69, 9.17) is 23.4 Å². The third-order valence-corrected chi connectivity index (χ3v) is 7.50. The number of alkyl carbamates (subject to hydrolysis) is 1. The Balaban J connectivity index is 1.50. The normalized spacial score (nSPS) is 27.3. The van der Waals surface area contributed by atoms with Crippen LogP contribution in [0.2, 0.25) is 0 Å². The van der Waals surface area contributed by atoms with Crippen LogP contribution in [0.15, 0.2) is 28.9 Å². The minimum atomic E-state index is -0.514. The molecular formula is C31H46N2O9. The van der Waals surface area contributed by atoms with Gasteiger partial charge in [0.2, 0.25) is 5.89 Å². The molecule has 0 unspecified atom stereocenters. The van der Waals surface area contributed by atoms with E-state index in [1.54, 1.807) is 31.6 Å². The van der Waals surface area contributed by atoms with Gasteiger partial charge >= 0.3 is 18.0 Å². The lowest BCUT2D eigenvalue weighted by Crippen LogP contribution is -2.41. The predicted octanol–water partition coefficient (Wildman–Crippen LogP) is 4.78. The number of carbonyl (C=O) groups excluding carboxylic acids is 3. The highest BCUT2D eigenvalue weighted by Crippen LogP contribution is 2.31. The number of esters is 2. The van der Waals surface area contributed by atoms with Gasteiger partial charge < -0.3 is 33.4 Å². The molecule has 0 aliphatic carbocycles. The van der Waals surface area contributed by atoms with Crippen LogP contribution in [0.5, 0.6) is 0 Å². The quantitative estimate of drug-likeness (QED) is 0.230. The fraction of sp³-hybridized carbons (Fsp3) is 0.677. The number of rotatable bonds is 10. The largest absolute Gasteiger partial charge is 0.462 e. The lowest BCUT2D eigenvalue weighted by atomic mass is 9.88. The fourth-order valence-corrected chi connectivity index (χ4v) is 5.35. The second kappa shape index (κ2) is 17.1. The first-order valence-electron chi connectivity index (χ1n) is 14.8. The zero-order chi connectivity index (χ0) is 30.5. The lowest BCUT2D eigenvalue weighted by molar-refractivity contribution is -0.169. The lowest BCUT2D eigenvalue weighted by Gasteiger charge is -2.37. The third kappa shape index (κ3) is 11.6. The van der Waals surface area contributed by atoms with Gasteiger partial charge in [0.1, 0.15) is 18.5 Å². The Bertz CT molecular complexity index is 1070. The molecule has 2 saturated heterocycles. The number of cyclic esters (lactones) is 1. The molecule has 234 valence electrons. The van der Waals surface area contributed by atoms with Crippen LogP contribution in [0.3, 0.4) is 0 Å². The van der Waals surface area contributed by atoms with E-state index in [0.717, 1.165) is 18.5 Å². The Morgan fingerprint density at radius 3 is 2.62 bits per heavy atom. The first kappa shape index (κ1) is 33.3. The summed E-state index contributed by atoms with van der Waals surface area (Å²) in [6.07, 6.45) is 11.2. The molecule has 1 amide bonds. The Morgan fingerprint density at radius 2 is 1.88 bits per heavy atom. The maximum absolute atomic E-state index is 12.8. The molecule has 1 aromatic heterocycles. The van der Waals surface area contributed by atoms with Gasteiger partial charge in [-0.3, -0.25) is 4.79 Å². The second-order valence-electron chi connectivity index (χ2n) is 11.4. The first-order valence-corrected chi connectivity index (χ1v) is 14.8. The smallest absolute Gasteiger partial charge is 0.407 e. The van der Waals surface area contributed by atoms with Crippen molar-refractivity contribution >= 4 is 24.1 Å². The van der Waals surface area contributed by atoms with Crippen LogP contribution in [0.4, 0.5) is 4.79 Å². The molecule has 11 nitrogen and oxygen atoms in total. The number of methoxy groups -OCH3 is 2. The number of hydrogen-bond acceptors (Lipinski definition) is 10. The van der Waals surface area contributed by atoms with Gasteiger partial charge in [0, 0.05) is 39.0 Å². The van der Waals surface area contributed by atoms with E-state index in [1.807, 2.05) is 13.8 Å². The number of ether oxygens (including phenoxy) is 5. The number of amides is 1. The molecule has 0 aromatic carbocycles. The number of fused-ring (bicyclic) bond motifs is 2. The minimum absolute atomic E-state index is 0.00610. The molecule has 0 radical (unpaired) electrons. The van der Waals surface area contributed by atoms with Crippen molar-refractivity contribution in [1.82, 2.24) is 10.3 Å². The van der Waals surface area contributed by atoms with Crippen LogP contribution in [0.25, 0.3) is 6.08 Å². The maximum Gasteiger partial charge on any atom is 0.407 e. The van der Waals surface area contributed by atoms with Crippen LogP contribution in [0, 0.1) is 11.8 Å². The molecule has 11 heteroatoms. The Labute approximate surface area is 248 Å². The number of nitrogens with zero attached hydrogens (tertiary/aromatic N) is 1. The fourth-order valence-electron chi connectivity index (χ4n) is 5.35. The van der Waals surface area contributed by atoms with E-state index in [-0.39, 0.29) is 48.8 Å². The Morgan fingerprint density at radius 1 is 1.10 bits per heavy atom. The summed E-state index contributed by atoms with van der Waals surface area (Å²) in [7, 11) is 3.00. The number of oxazole rings is 1. The van der Waals surface area contributed by atoms with Gasteiger partial charge in [0.05, 0.1) is 37.5 Å². The summed E-state index contributed by atoms with van der Waals surface area (Å²) >= 11 is 0. The van der Waals surface area contributed by atoms with Crippen molar-refractivity contribution < 1.29 is 42.5 Å². The summed E-state index contributed by atoms with van der Waals surface area (Å²) < 4.78 is 33.5. The van der Waals surface area contributed by atoms with E-state index in [0.29, 0.717) is 50.5 Å². The SMILES string of the molecule is COC(=O)NC/C=C\c1nc(CC/C=C\C(=O)O[C@@H]2C[C@H]3C[C@@H](C)C[C@H](OC)C[C@H](C(C)C)OC(=O)C[C@@H](C2)O3)co1. The molecule has 3 heterocycles. The van der Waals surface area contributed by atoms with Crippen molar-refractivity contribution in [2.24, 2.45) is 11.8 Å². The van der Waals surface area contributed by atoms with Crippen molar-refractivity contribution in [1.29, 1.82) is 0 Å². The van der Waals surface area contributed by atoms with Gasteiger partial charge in [-0.25, -0.2) is 14.6 Å². The first-order chi connectivity index (χ1) is 20.1. The molecule has 3 rings (SSSR count). The average Bonchev–Trinajstić information content (AvgIpc) is 3.39. The standard InChI is InChI=1S/C31H46N2O9/c1-20(2)27-17-23(37-4)13-21(3)14-24-15-25(16-26(40-24)18-30(35)42-27)41-29(34)11-7-6-9-22-19-39-28(33-22)10-8-12-32-31(36)38-5/h7-8,10-11,19-21,23-27H,6,9,12-18H2,1-5H3,(H,32,36)/b10-8-,11-7-/t21-,23-,24+,25+,26+,27+/m0/s1. The number of hydrogen-bond donors (Lipinski definition) is 1. The molecule has 2 fully saturated rings. The van der Waals surface area contributed by atoms with Crippen molar-refractivity contribution in [2.45, 2.75) is 103 Å². The minimum Gasteiger partial charge on any atom is -0.462 e. The average molecular weight is 591 g/mol. The number of nitrogens with one attached hydrogen (secondary N) is 1. The summed E-state index contributed by atoms with van der Waals surface area (Å²) in [6, 6.07) is 0. The summed E-state index contributed by atoms with van der Waals surface area (Å²) in [4.78, 5) is 40.8. The van der Waals surface area contributed by atoms with Gasteiger partial charge in [-0.1, -0.05) is 32.9 Å². The zero-order valence-electron chi connectivity index (χ0n) is 25.4. The van der Waals surface area contributed by atoms with Gasteiger partial charge in [0.15, 0.2) is 0 Å². The van der Waals surface area contributed by atoms with Gasteiger partial charge in [0.25, 0.3) is 0 Å². The number of carbonyl (C=O) groups is 3. The van der Waals surface area contributed by atoms with Crippen LogP contribution >= 0.6 is 0 Å². The summed E-state index contributed by atoms with van der Waals surface area (Å²) in [5.74, 6) is 0.220. The van der Waals surface area contributed by atoms with E-state index < -0.39 is 12.1 Å². The highest BCUT2D eigenvalue weighted by molar-refractivity contribution is 5.82. The molecule has 2 aliphatic heterocycles. The van der Waals surface area contributed by atoms with Crippen molar-refractivity contribution in [3.05, 3.63) is 36.1 Å². The monoisotopic (exact) mass is 590 g/mol. The molecule has 1 N–H and O–H groups in total. The molecule has 6 atom stereocenters. The summed E-state index contributed by atoms with van der Waals surface area (Å²) in [5.41, 5.74) is 0.744. The highest BCUT2D eigenvalue weighted by atomic mass is 16.6. The molecule has 1 aromatic rings. The second-order valence-corrected chi connectivity index (χ2v) is 11.4. The van der Waals surface area contributed by atoms with E-state index >= 15 is 0 Å². The van der Waals surface area contributed by atoms with Crippen LogP contribution < -0.4 is 5.32 Å². The van der Waals surface area contributed by atoms with Crippen molar-refractivity contribution in [3.63, 3.8) is 0 Å². The number of aromatic nitrogens is 1. The Hall–Kier alpha value is -3.18. The Kier molecular flexibility index (Phi) is 13.5. The molecule has 2 aliphatic rings. The molecule has 42 heavy (non-hydrogen) atoms. The predicted molar refractivity (Wildman–Crippen MR) is 154 cm³/mol. The molecule has 0 saturated carbocycles. The summed E-state index contributed by atoms with van der Waals surface area (Å²) in [6.45, 7) is 6.57. The van der Waals surface area contributed by atoms with Gasteiger partial charge in [-0.2, -0.15) is 0 Å². The van der Waals surface area contributed by atoms with Crippen molar-refractivity contribution in [2.75, 3.05) is 20.8 Å². The van der Waals surface area contributed by atoms with Crippen LogP contribution in [-0.4, -0.2) is 74.3 Å². The van der Waals surface area contributed by atoms with Crippen LogP contribution in [0.1, 0.15) is 77.3 Å².